The molecule has 160 valence electrons. The minimum atomic E-state index is -0.819. The first-order chi connectivity index (χ1) is 16.1. The van der Waals surface area contributed by atoms with E-state index in [4.69, 9.17) is 10.4 Å². The van der Waals surface area contributed by atoms with E-state index in [2.05, 4.69) is 20.5 Å². The summed E-state index contributed by atoms with van der Waals surface area (Å²) < 4.78 is 0. The van der Waals surface area contributed by atoms with Crippen molar-refractivity contribution in [3.05, 3.63) is 93.7 Å². The second kappa shape index (κ2) is 7.46. The van der Waals surface area contributed by atoms with Crippen LogP contribution in [0.4, 0.5) is 0 Å². The molecule has 8 heteroatoms. The first-order valence-electron chi connectivity index (χ1n) is 10.4. The largest absolute Gasteiger partial charge is 0.309 e. The Morgan fingerprint density at radius 1 is 1.12 bits per heavy atom. The predicted molar refractivity (Wildman–Crippen MR) is 130 cm³/mol. The highest BCUT2D eigenvalue weighted by molar-refractivity contribution is 7.10. The van der Waals surface area contributed by atoms with E-state index < -0.39 is 5.92 Å². The van der Waals surface area contributed by atoms with Crippen molar-refractivity contribution in [2.75, 3.05) is 0 Å². The number of amidine groups is 1. The van der Waals surface area contributed by atoms with Crippen LogP contribution in [0.25, 0.3) is 22.0 Å². The highest BCUT2D eigenvalue weighted by Crippen LogP contribution is 2.41. The molecule has 1 aliphatic heterocycles. The summed E-state index contributed by atoms with van der Waals surface area (Å²) in [5.74, 6) is -0.596. The third kappa shape index (κ3) is 3.15. The van der Waals surface area contributed by atoms with Crippen LogP contribution in [-0.2, 0) is 4.79 Å². The molecule has 0 fully saturated rings. The number of aromatic nitrogens is 3. The minimum absolute atomic E-state index is 0.211. The first-order valence-corrected chi connectivity index (χ1v) is 11.3. The smallest absolute Gasteiger partial charge is 0.240 e. The molecule has 3 heterocycles. The molecule has 0 spiro atoms. The lowest BCUT2D eigenvalue weighted by Gasteiger charge is -2.30. The van der Waals surface area contributed by atoms with Crippen LogP contribution >= 0.6 is 11.3 Å². The Morgan fingerprint density at radius 2 is 1.97 bits per heavy atom. The minimum Gasteiger partial charge on any atom is -0.309 e. The molecular weight excluding hydrogens is 432 g/mol. The molecule has 3 N–H and O–H groups in total. The van der Waals surface area contributed by atoms with Gasteiger partial charge in [0.05, 0.1) is 23.1 Å². The lowest BCUT2D eigenvalue weighted by atomic mass is 9.80. The predicted octanol–water partition coefficient (Wildman–Crippen LogP) is 4.35. The molecule has 1 amide bonds. The average molecular weight is 451 g/mol. The van der Waals surface area contributed by atoms with Crippen molar-refractivity contribution in [1.82, 2.24) is 20.5 Å². The number of rotatable bonds is 3. The molecule has 1 atom stereocenters. The van der Waals surface area contributed by atoms with Crippen molar-refractivity contribution in [2.24, 2.45) is 10.9 Å². The summed E-state index contributed by atoms with van der Waals surface area (Å²) in [7, 11) is 0. The molecule has 1 aliphatic carbocycles. The van der Waals surface area contributed by atoms with Crippen molar-refractivity contribution in [3.8, 4) is 0 Å². The number of hydrogen-bond donors (Lipinski definition) is 3. The lowest BCUT2D eigenvalue weighted by Crippen LogP contribution is -2.45. The highest BCUT2D eigenvalue weighted by atomic mass is 32.1. The van der Waals surface area contributed by atoms with Crippen LogP contribution in [0.1, 0.15) is 21.7 Å². The molecule has 6 rings (SSSR count). The molecule has 1 unspecified atom stereocenters. The number of benzene rings is 2. The average Bonchev–Trinajstić information content (AvgIpc) is 3.52. The van der Waals surface area contributed by atoms with Gasteiger partial charge in [-0.15, -0.1) is 11.3 Å². The van der Waals surface area contributed by atoms with Gasteiger partial charge in [0.25, 0.3) is 0 Å². The topological polar surface area (TPSA) is 107 Å². The van der Waals surface area contributed by atoms with Crippen LogP contribution in [0.5, 0.6) is 0 Å². The Kier molecular flexibility index (Phi) is 4.41. The van der Waals surface area contributed by atoms with Gasteiger partial charge in [-0.2, -0.15) is 5.10 Å². The highest BCUT2D eigenvalue weighted by Gasteiger charge is 2.39. The molecule has 2 aliphatic rings. The number of amides is 1. The van der Waals surface area contributed by atoms with Gasteiger partial charge in [-0.25, -0.2) is 9.98 Å². The fourth-order valence-electron chi connectivity index (χ4n) is 4.26. The monoisotopic (exact) mass is 450 g/mol. The van der Waals surface area contributed by atoms with Crippen LogP contribution in [0.15, 0.2) is 77.0 Å². The zero-order valence-electron chi connectivity index (χ0n) is 17.6. The van der Waals surface area contributed by atoms with E-state index >= 15 is 0 Å². The lowest BCUT2D eigenvalue weighted by molar-refractivity contribution is -0.120. The van der Waals surface area contributed by atoms with Crippen molar-refractivity contribution in [3.63, 3.8) is 0 Å². The van der Waals surface area contributed by atoms with Gasteiger partial charge in [-0.3, -0.25) is 9.89 Å². The Labute approximate surface area is 193 Å². The van der Waals surface area contributed by atoms with E-state index in [0.717, 1.165) is 38.2 Å². The normalized spacial score (nSPS) is 18.2. The molecule has 33 heavy (non-hydrogen) atoms. The second-order valence-corrected chi connectivity index (χ2v) is 8.89. The van der Waals surface area contributed by atoms with Crippen molar-refractivity contribution < 1.29 is 4.79 Å². The summed E-state index contributed by atoms with van der Waals surface area (Å²) in [6.07, 6.45) is 5.42. The van der Waals surface area contributed by atoms with Gasteiger partial charge in [0, 0.05) is 33.7 Å². The zero-order chi connectivity index (χ0) is 22.5. The number of carbonyl (C=O) groups is 1. The second-order valence-electron chi connectivity index (χ2n) is 7.99. The van der Waals surface area contributed by atoms with E-state index in [1.54, 1.807) is 12.4 Å². The Morgan fingerprint density at radius 3 is 2.76 bits per heavy atom. The summed E-state index contributed by atoms with van der Waals surface area (Å²) in [6, 6.07) is 13.6. The Balaban J connectivity index is 1.59. The molecule has 0 saturated heterocycles. The number of thiazole rings is 1. The molecule has 4 aromatic rings. The molecule has 0 saturated carbocycles. The van der Waals surface area contributed by atoms with E-state index in [0.29, 0.717) is 17.1 Å². The molecule has 2 aromatic carbocycles. The van der Waals surface area contributed by atoms with Gasteiger partial charge in [-0.05, 0) is 24.6 Å². The Hall–Kier alpha value is -4.17. The van der Waals surface area contributed by atoms with Crippen LogP contribution < -0.4 is 5.32 Å². The maximum atomic E-state index is 13.4. The standard InChI is InChI=1S/C25H18N6OS/c1-13-5-7-14(8-6-13)23-29-22-17(25-27-9-10-33-25)11-16(21(26)20(22)24(32)30-23)15-3-2-4-19-18(15)12-28-31-19/h2-12,20,26H,1H3,(H,28,31)(H,29,30,32). The number of aryl methyl sites for hydroxylation is 1. The quantitative estimate of drug-likeness (QED) is 0.432. The Bertz CT molecular complexity index is 1520. The van der Waals surface area contributed by atoms with E-state index in [1.807, 2.05) is 60.8 Å². The first kappa shape index (κ1) is 19.5. The maximum Gasteiger partial charge on any atom is 0.240 e. The van der Waals surface area contributed by atoms with E-state index in [-0.39, 0.29) is 11.6 Å². The van der Waals surface area contributed by atoms with Crippen LogP contribution in [0, 0.1) is 18.3 Å². The van der Waals surface area contributed by atoms with Gasteiger partial charge in [0.1, 0.15) is 16.8 Å². The number of allylic oxidation sites excluding steroid dienone is 3. The third-order valence-corrected chi connectivity index (χ3v) is 6.72. The fraction of sp³-hybridized carbons (Fsp3) is 0.0800. The molecular formula is C25H18N6OS. The van der Waals surface area contributed by atoms with Crippen molar-refractivity contribution >= 4 is 50.8 Å². The van der Waals surface area contributed by atoms with Gasteiger partial charge in [0.15, 0.2) is 0 Å². The SMILES string of the molecule is Cc1ccc(C2=NC3=C(c4nccs4)C=C(c4cccc5[nH]ncc45)C(=N)C3C(=O)N2)cc1. The summed E-state index contributed by atoms with van der Waals surface area (Å²) in [5.41, 5.74) is 5.87. The number of fused-ring (bicyclic) bond motifs is 2. The summed E-state index contributed by atoms with van der Waals surface area (Å²) in [6.45, 7) is 2.01. The van der Waals surface area contributed by atoms with Gasteiger partial charge >= 0.3 is 0 Å². The summed E-state index contributed by atoms with van der Waals surface area (Å²) >= 11 is 1.49. The van der Waals surface area contributed by atoms with E-state index in [9.17, 15) is 4.79 Å². The summed E-state index contributed by atoms with van der Waals surface area (Å²) in [4.78, 5) is 22.7. The van der Waals surface area contributed by atoms with Gasteiger partial charge in [0.2, 0.25) is 5.91 Å². The van der Waals surface area contributed by atoms with Crippen LogP contribution in [0.3, 0.4) is 0 Å². The third-order valence-electron chi connectivity index (χ3n) is 5.92. The number of carbonyl (C=O) groups excluding carboxylic acids is 1. The van der Waals surface area contributed by atoms with Gasteiger partial charge < -0.3 is 10.7 Å². The maximum absolute atomic E-state index is 13.4. The number of nitrogens with one attached hydrogen (secondary N) is 3. The van der Waals surface area contributed by atoms with E-state index in [1.165, 1.54) is 11.3 Å². The zero-order valence-corrected chi connectivity index (χ0v) is 18.4. The van der Waals surface area contributed by atoms with Crippen molar-refractivity contribution in [2.45, 2.75) is 6.92 Å². The molecule has 2 aromatic heterocycles. The fourth-order valence-corrected chi connectivity index (χ4v) is 4.93. The number of aromatic amines is 1. The molecule has 0 bridgehead atoms. The van der Waals surface area contributed by atoms with Crippen molar-refractivity contribution in [1.29, 1.82) is 5.41 Å². The number of aliphatic imine (C=N–C) groups is 1. The number of hydrogen-bond acceptors (Lipinski definition) is 6. The van der Waals surface area contributed by atoms with Crippen LogP contribution in [-0.4, -0.2) is 32.6 Å². The van der Waals surface area contributed by atoms with Gasteiger partial charge in [-0.1, -0.05) is 42.0 Å². The number of H-pyrrole nitrogens is 1. The molecule has 0 radical (unpaired) electrons. The summed E-state index contributed by atoms with van der Waals surface area (Å²) in [5, 5.41) is 22.6. The van der Waals surface area contributed by atoms with Crippen LogP contribution in [0.2, 0.25) is 0 Å². The molecule has 7 nitrogen and oxygen atoms in total. The number of nitrogens with zero attached hydrogens (tertiary/aromatic N) is 3.